The van der Waals surface area contributed by atoms with E-state index in [2.05, 4.69) is 15.5 Å². The van der Waals surface area contributed by atoms with Crippen molar-refractivity contribution in [2.24, 2.45) is 17.8 Å². The summed E-state index contributed by atoms with van der Waals surface area (Å²) in [5.74, 6) is 1.94. The lowest BCUT2D eigenvalue weighted by atomic mass is 9.50. The number of halogens is 1. The molecule has 0 saturated heterocycles. The number of benzene rings is 1. The highest BCUT2D eigenvalue weighted by atomic mass is 32.1. The van der Waals surface area contributed by atoms with Crippen molar-refractivity contribution in [1.29, 1.82) is 0 Å². The van der Waals surface area contributed by atoms with Gasteiger partial charge in [-0.15, -0.1) is 10.2 Å². The molecule has 4 nitrogen and oxygen atoms in total. The van der Waals surface area contributed by atoms with Gasteiger partial charge in [0, 0.05) is 11.0 Å². The van der Waals surface area contributed by atoms with Crippen LogP contribution in [0.15, 0.2) is 24.3 Å². The molecule has 4 bridgehead atoms. The minimum Gasteiger partial charge on any atom is -0.296 e. The summed E-state index contributed by atoms with van der Waals surface area (Å²) in [5.41, 5.74) is 0.624. The molecule has 0 unspecified atom stereocenters. The van der Waals surface area contributed by atoms with E-state index >= 15 is 0 Å². The molecular formula is C19H20FN3OS. The molecule has 1 heterocycles. The van der Waals surface area contributed by atoms with Gasteiger partial charge in [-0.25, -0.2) is 4.39 Å². The van der Waals surface area contributed by atoms with Gasteiger partial charge < -0.3 is 0 Å². The quantitative estimate of drug-likeness (QED) is 0.886. The van der Waals surface area contributed by atoms with Crippen molar-refractivity contribution in [3.8, 4) is 0 Å². The number of anilines is 1. The first-order valence-electron chi connectivity index (χ1n) is 9.00. The highest BCUT2D eigenvalue weighted by Crippen LogP contribution is 2.61. The Hall–Kier alpha value is -1.82. The number of nitrogens with one attached hydrogen (secondary N) is 1. The van der Waals surface area contributed by atoms with Crippen LogP contribution in [0.4, 0.5) is 9.52 Å². The van der Waals surface area contributed by atoms with Crippen molar-refractivity contribution >= 4 is 22.4 Å². The number of nitrogens with zero attached hydrogens (tertiary/aromatic N) is 2. The molecule has 0 spiro atoms. The van der Waals surface area contributed by atoms with Crippen LogP contribution in [0.25, 0.3) is 0 Å². The minimum atomic E-state index is -0.350. The van der Waals surface area contributed by atoms with Gasteiger partial charge in [-0.2, -0.15) is 0 Å². The summed E-state index contributed by atoms with van der Waals surface area (Å²) in [5, 5.41) is 13.1. The van der Waals surface area contributed by atoms with Crippen LogP contribution in [0.2, 0.25) is 0 Å². The molecule has 6 heteroatoms. The van der Waals surface area contributed by atoms with E-state index in [1.807, 2.05) is 0 Å². The lowest BCUT2D eigenvalue weighted by Crippen LogP contribution is -2.48. The van der Waals surface area contributed by atoms with Gasteiger partial charge in [-0.1, -0.05) is 11.3 Å². The van der Waals surface area contributed by atoms with Gasteiger partial charge in [0.25, 0.3) is 5.91 Å². The van der Waals surface area contributed by atoms with Crippen molar-refractivity contribution in [3.05, 3.63) is 40.7 Å². The molecular weight excluding hydrogens is 337 g/mol. The smallest absolute Gasteiger partial charge is 0.257 e. The predicted molar refractivity (Wildman–Crippen MR) is 94.1 cm³/mol. The van der Waals surface area contributed by atoms with Gasteiger partial charge >= 0.3 is 0 Å². The fourth-order valence-corrected chi connectivity index (χ4v) is 6.59. The molecule has 130 valence electrons. The Morgan fingerprint density at radius 1 is 1.04 bits per heavy atom. The molecule has 4 saturated carbocycles. The Balaban J connectivity index is 1.35. The van der Waals surface area contributed by atoms with Crippen LogP contribution in [0, 0.1) is 23.6 Å². The second kappa shape index (κ2) is 5.59. The standard InChI is InChI=1S/C19H20FN3OS/c20-15-3-1-14(2-4-15)16(24)21-18-23-22-17(25-18)19-8-11-5-12(9-19)7-13(6-11)10-19/h1-4,11-13H,5-10H2,(H,21,23,24). The summed E-state index contributed by atoms with van der Waals surface area (Å²) in [4.78, 5) is 12.3. The van der Waals surface area contributed by atoms with E-state index in [0.717, 1.165) is 22.8 Å². The van der Waals surface area contributed by atoms with Gasteiger partial charge in [-0.05, 0) is 80.5 Å². The van der Waals surface area contributed by atoms with E-state index < -0.39 is 0 Å². The maximum absolute atomic E-state index is 13.0. The van der Waals surface area contributed by atoms with E-state index in [1.54, 1.807) is 0 Å². The monoisotopic (exact) mass is 357 g/mol. The van der Waals surface area contributed by atoms with E-state index in [0.29, 0.717) is 10.7 Å². The molecule has 2 aromatic rings. The van der Waals surface area contributed by atoms with E-state index in [9.17, 15) is 9.18 Å². The molecule has 1 amide bonds. The third kappa shape index (κ3) is 2.67. The third-order valence-electron chi connectivity index (χ3n) is 6.24. The zero-order chi connectivity index (χ0) is 17.0. The van der Waals surface area contributed by atoms with E-state index in [-0.39, 0.29) is 17.1 Å². The highest BCUT2D eigenvalue weighted by Gasteiger charge is 2.53. The minimum absolute atomic E-state index is 0.200. The molecule has 1 aromatic carbocycles. The van der Waals surface area contributed by atoms with Crippen LogP contribution in [-0.2, 0) is 5.41 Å². The lowest BCUT2D eigenvalue weighted by molar-refractivity contribution is -0.00555. The van der Waals surface area contributed by atoms with Crippen molar-refractivity contribution in [1.82, 2.24) is 10.2 Å². The molecule has 0 radical (unpaired) electrons. The molecule has 4 aliphatic rings. The van der Waals surface area contributed by atoms with Gasteiger partial charge in [0.1, 0.15) is 10.8 Å². The zero-order valence-corrected chi connectivity index (χ0v) is 14.7. The Morgan fingerprint density at radius 2 is 1.64 bits per heavy atom. The lowest BCUT2D eigenvalue weighted by Gasteiger charge is -2.55. The average molecular weight is 357 g/mol. The number of hydrogen-bond donors (Lipinski definition) is 1. The second-order valence-electron chi connectivity index (χ2n) is 8.07. The first-order valence-corrected chi connectivity index (χ1v) is 9.82. The predicted octanol–water partition coefficient (Wildman–Crippen LogP) is 4.40. The van der Waals surface area contributed by atoms with Crippen LogP contribution in [0.3, 0.4) is 0 Å². The molecule has 0 atom stereocenters. The maximum Gasteiger partial charge on any atom is 0.257 e. The summed E-state index contributed by atoms with van der Waals surface area (Å²) < 4.78 is 13.0. The van der Waals surface area contributed by atoms with Gasteiger partial charge in [0.2, 0.25) is 5.13 Å². The molecule has 25 heavy (non-hydrogen) atoms. The fraction of sp³-hybridized carbons (Fsp3) is 0.526. The fourth-order valence-electron chi connectivity index (χ4n) is 5.63. The SMILES string of the molecule is O=C(Nc1nnc(C23CC4CC(CC(C4)C2)C3)s1)c1ccc(F)cc1. The van der Waals surface area contributed by atoms with E-state index in [4.69, 9.17) is 0 Å². The zero-order valence-electron chi connectivity index (χ0n) is 13.9. The third-order valence-corrected chi connectivity index (χ3v) is 7.33. The van der Waals surface area contributed by atoms with Crippen LogP contribution in [0.5, 0.6) is 0 Å². The summed E-state index contributed by atoms with van der Waals surface area (Å²) in [7, 11) is 0. The Kier molecular flexibility index (Phi) is 3.45. The van der Waals surface area contributed by atoms with Gasteiger partial charge in [-0.3, -0.25) is 10.1 Å². The summed E-state index contributed by atoms with van der Waals surface area (Å²) in [6, 6.07) is 5.53. The number of hydrogen-bond acceptors (Lipinski definition) is 4. The maximum atomic E-state index is 13.0. The summed E-state index contributed by atoms with van der Waals surface area (Å²) in [6.45, 7) is 0. The van der Waals surface area contributed by atoms with Crippen LogP contribution >= 0.6 is 11.3 Å². The normalized spacial score (nSPS) is 32.8. The van der Waals surface area contributed by atoms with Crippen LogP contribution < -0.4 is 5.32 Å². The van der Waals surface area contributed by atoms with Gasteiger partial charge in [0.15, 0.2) is 0 Å². The van der Waals surface area contributed by atoms with Crippen LogP contribution in [-0.4, -0.2) is 16.1 Å². The van der Waals surface area contributed by atoms with Crippen molar-refractivity contribution < 1.29 is 9.18 Å². The van der Waals surface area contributed by atoms with E-state index in [1.165, 1.54) is 74.1 Å². The molecule has 4 fully saturated rings. The molecule has 1 N–H and O–H groups in total. The summed E-state index contributed by atoms with van der Waals surface area (Å²) >= 11 is 1.52. The molecule has 4 aliphatic carbocycles. The van der Waals surface area contributed by atoms with Crippen molar-refractivity contribution in [3.63, 3.8) is 0 Å². The molecule has 0 aliphatic heterocycles. The number of rotatable bonds is 3. The molecule has 6 rings (SSSR count). The molecule has 1 aromatic heterocycles. The van der Waals surface area contributed by atoms with Gasteiger partial charge in [0.05, 0.1) is 0 Å². The number of carbonyl (C=O) groups is 1. The average Bonchev–Trinajstić information content (AvgIpc) is 3.03. The number of amides is 1. The number of carbonyl (C=O) groups excluding carboxylic acids is 1. The number of aromatic nitrogens is 2. The largest absolute Gasteiger partial charge is 0.296 e. The first-order chi connectivity index (χ1) is 12.1. The first kappa shape index (κ1) is 15.4. The Bertz CT molecular complexity index is 781. The Morgan fingerprint density at radius 3 is 2.24 bits per heavy atom. The second-order valence-corrected chi connectivity index (χ2v) is 9.05. The summed E-state index contributed by atoms with van der Waals surface area (Å²) in [6.07, 6.45) is 7.89. The highest BCUT2D eigenvalue weighted by molar-refractivity contribution is 7.15. The Labute approximate surface area is 149 Å². The van der Waals surface area contributed by atoms with Crippen molar-refractivity contribution in [2.45, 2.75) is 43.9 Å². The van der Waals surface area contributed by atoms with Crippen LogP contribution in [0.1, 0.15) is 53.9 Å². The topological polar surface area (TPSA) is 54.9 Å². The van der Waals surface area contributed by atoms with Crippen molar-refractivity contribution in [2.75, 3.05) is 5.32 Å².